The van der Waals surface area contributed by atoms with E-state index in [-0.39, 0.29) is 19.6 Å². The van der Waals surface area contributed by atoms with Gasteiger partial charge in [-0.05, 0) is 31.0 Å². The van der Waals surface area contributed by atoms with E-state index >= 15 is 0 Å². The number of esters is 1. The number of halogens is 3. The van der Waals surface area contributed by atoms with E-state index in [0.29, 0.717) is 0 Å². The maximum Gasteiger partial charge on any atom is 0.503 e. The predicted octanol–water partition coefficient (Wildman–Crippen LogP) is 2.53. The molecule has 0 aliphatic rings. The lowest BCUT2D eigenvalue weighted by atomic mass is 9.99. The Hall–Kier alpha value is -2.95. The molecule has 0 saturated heterocycles. The summed E-state index contributed by atoms with van der Waals surface area (Å²) in [6, 6.07) is 10.9. The normalized spacial score (nSPS) is 12.8. The summed E-state index contributed by atoms with van der Waals surface area (Å²) in [7, 11) is -5.83. The third kappa shape index (κ3) is 5.56. The first-order valence-corrected chi connectivity index (χ1v) is 10.3. The molecule has 0 saturated carbocycles. The van der Waals surface area contributed by atoms with Gasteiger partial charge in [0.15, 0.2) is 5.03 Å². The number of alkyl halides is 3. The molecule has 162 valence electrons. The molecule has 1 amide bonds. The number of aromatic nitrogens is 1. The van der Waals surface area contributed by atoms with E-state index in [1.807, 2.05) is 0 Å². The maximum absolute atomic E-state index is 12.9. The lowest BCUT2D eigenvalue weighted by molar-refractivity contribution is -0.147. The van der Waals surface area contributed by atoms with Gasteiger partial charge in [-0.1, -0.05) is 30.3 Å². The summed E-state index contributed by atoms with van der Waals surface area (Å²) in [4.78, 5) is 27.9. The van der Waals surface area contributed by atoms with Crippen molar-refractivity contribution in [2.45, 2.75) is 23.9 Å². The van der Waals surface area contributed by atoms with E-state index in [2.05, 4.69) is 10.3 Å². The molecule has 0 bridgehead atoms. The smallest absolute Gasteiger partial charge is 0.466 e. The van der Waals surface area contributed by atoms with Crippen LogP contribution >= 0.6 is 0 Å². The van der Waals surface area contributed by atoms with Gasteiger partial charge in [0.25, 0.3) is 15.7 Å². The van der Waals surface area contributed by atoms with Gasteiger partial charge in [-0.3, -0.25) is 9.59 Å². The number of sulfone groups is 1. The summed E-state index contributed by atoms with van der Waals surface area (Å²) in [5.41, 5.74) is -5.60. The van der Waals surface area contributed by atoms with Gasteiger partial charge in [0.2, 0.25) is 0 Å². The minimum atomic E-state index is -5.83. The highest BCUT2D eigenvalue weighted by Gasteiger charge is 2.49. The second kappa shape index (κ2) is 9.70. The fraction of sp³-hybridized carbons (Fsp3) is 0.316. The van der Waals surface area contributed by atoms with Crippen molar-refractivity contribution in [3.05, 3.63) is 59.8 Å². The van der Waals surface area contributed by atoms with Crippen LogP contribution in [0.25, 0.3) is 0 Å². The van der Waals surface area contributed by atoms with Crippen LogP contribution in [-0.2, 0) is 25.8 Å². The molecule has 2 rings (SSSR count). The Labute approximate surface area is 171 Å². The summed E-state index contributed by atoms with van der Waals surface area (Å²) in [6.45, 7) is 1.45. The Morgan fingerprint density at radius 1 is 1.13 bits per heavy atom. The fourth-order valence-corrected chi connectivity index (χ4v) is 3.47. The quantitative estimate of drug-likeness (QED) is 0.628. The molecular weight excluding hydrogens is 425 g/mol. The number of benzene rings is 1. The highest BCUT2D eigenvalue weighted by atomic mass is 32.2. The van der Waals surface area contributed by atoms with E-state index in [1.54, 1.807) is 37.3 Å². The minimum Gasteiger partial charge on any atom is -0.466 e. The van der Waals surface area contributed by atoms with Gasteiger partial charge in [0.1, 0.15) is 0 Å². The molecule has 0 aliphatic carbocycles. The molecule has 0 spiro atoms. The topological polar surface area (TPSA) is 102 Å². The molecule has 0 fully saturated rings. The zero-order valence-corrected chi connectivity index (χ0v) is 16.7. The number of hydrogen-bond donors (Lipinski definition) is 1. The zero-order valence-electron chi connectivity index (χ0n) is 15.8. The monoisotopic (exact) mass is 444 g/mol. The van der Waals surface area contributed by atoms with E-state index in [0.717, 1.165) is 23.9 Å². The number of pyridine rings is 1. The summed E-state index contributed by atoms with van der Waals surface area (Å²) >= 11 is 0. The van der Waals surface area contributed by atoms with Crippen molar-refractivity contribution in [2.24, 2.45) is 5.92 Å². The van der Waals surface area contributed by atoms with Gasteiger partial charge in [-0.25, -0.2) is 13.4 Å². The van der Waals surface area contributed by atoms with Crippen molar-refractivity contribution in [2.75, 3.05) is 13.2 Å². The molecule has 2 aromatic rings. The van der Waals surface area contributed by atoms with Gasteiger partial charge in [0, 0.05) is 12.7 Å². The molecule has 1 heterocycles. The molecular formula is C19H19F3N2O5S. The lowest BCUT2D eigenvalue weighted by Crippen LogP contribution is -2.36. The third-order valence-corrected chi connectivity index (χ3v) is 5.47. The Kier molecular flexibility index (Phi) is 7.54. The number of hydrogen-bond acceptors (Lipinski definition) is 6. The van der Waals surface area contributed by atoms with Crippen molar-refractivity contribution in [1.82, 2.24) is 10.3 Å². The van der Waals surface area contributed by atoms with Crippen molar-refractivity contribution < 1.29 is 35.9 Å². The average Bonchev–Trinajstić information content (AvgIpc) is 2.71. The van der Waals surface area contributed by atoms with Crippen molar-refractivity contribution in [1.29, 1.82) is 0 Å². The summed E-state index contributed by atoms with van der Waals surface area (Å²) in [6.07, 6.45) is 1.05. The SMILES string of the molecule is CCOC(=O)C(CNC(=O)c1cccnc1S(=O)(=O)C(F)(F)F)Cc1ccccc1. The number of nitrogens with zero attached hydrogens (tertiary/aromatic N) is 1. The van der Waals surface area contributed by atoms with Gasteiger partial charge < -0.3 is 10.1 Å². The molecule has 1 aromatic carbocycles. The molecule has 11 heteroatoms. The number of carbonyl (C=O) groups excluding carboxylic acids is 2. The molecule has 0 radical (unpaired) electrons. The van der Waals surface area contributed by atoms with Crippen LogP contribution in [0.5, 0.6) is 0 Å². The van der Waals surface area contributed by atoms with Crippen molar-refractivity contribution >= 4 is 21.7 Å². The van der Waals surface area contributed by atoms with Crippen LogP contribution in [0.15, 0.2) is 53.7 Å². The Balaban J connectivity index is 2.23. The first-order chi connectivity index (χ1) is 14.1. The van der Waals surface area contributed by atoms with Crippen LogP contribution in [0.1, 0.15) is 22.8 Å². The molecule has 1 unspecified atom stereocenters. The molecule has 1 N–H and O–H groups in total. The van der Waals surface area contributed by atoms with E-state index in [1.165, 1.54) is 0 Å². The average molecular weight is 444 g/mol. The predicted molar refractivity (Wildman–Crippen MR) is 100 cm³/mol. The summed E-state index contributed by atoms with van der Waals surface area (Å²) in [5.74, 6) is -2.53. The van der Waals surface area contributed by atoms with E-state index in [9.17, 15) is 31.2 Å². The Bertz CT molecular complexity index is 995. The third-order valence-electron chi connectivity index (χ3n) is 4.03. The lowest BCUT2D eigenvalue weighted by Gasteiger charge is -2.17. The first kappa shape index (κ1) is 23.3. The van der Waals surface area contributed by atoms with Crippen LogP contribution in [0.3, 0.4) is 0 Å². The van der Waals surface area contributed by atoms with Crippen LogP contribution in [-0.4, -0.2) is 43.9 Å². The van der Waals surface area contributed by atoms with Crippen LogP contribution in [0, 0.1) is 5.92 Å². The number of amides is 1. The summed E-state index contributed by atoms with van der Waals surface area (Å²) in [5, 5.41) is 0.914. The second-order valence-electron chi connectivity index (χ2n) is 6.15. The highest BCUT2D eigenvalue weighted by molar-refractivity contribution is 7.92. The maximum atomic E-state index is 12.9. The molecule has 7 nitrogen and oxygen atoms in total. The molecule has 0 aliphatic heterocycles. The summed E-state index contributed by atoms with van der Waals surface area (Å²) < 4.78 is 67.1. The fourth-order valence-electron chi connectivity index (χ4n) is 2.60. The van der Waals surface area contributed by atoms with Gasteiger partial charge in [-0.2, -0.15) is 13.2 Å². The minimum absolute atomic E-state index is 0.106. The van der Waals surface area contributed by atoms with Gasteiger partial charge in [-0.15, -0.1) is 0 Å². The van der Waals surface area contributed by atoms with Gasteiger partial charge >= 0.3 is 11.5 Å². The molecule has 1 atom stereocenters. The molecule has 1 aromatic heterocycles. The highest BCUT2D eigenvalue weighted by Crippen LogP contribution is 2.30. The second-order valence-corrected chi connectivity index (χ2v) is 8.01. The van der Waals surface area contributed by atoms with Crippen LogP contribution in [0.4, 0.5) is 13.2 Å². The zero-order chi connectivity index (χ0) is 22.4. The number of ether oxygens (including phenoxy) is 1. The number of rotatable bonds is 8. The van der Waals surface area contributed by atoms with E-state index in [4.69, 9.17) is 4.74 Å². The van der Waals surface area contributed by atoms with Crippen molar-refractivity contribution in [3.8, 4) is 0 Å². The first-order valence-electron chi connectivity index (χ1n) is 8.83. The van der Waals surface area contributed by atoms with E-state index < -0.39 is 43.7 Å². The number of nitrogens with one attached hydrogen (secondary N) is 1. The Morgan fingerprint density at radius 2 is 1.80 bits per heavy atom. The van der Waals surface area contributed by atoms with Crippen molar-refractivity contribution in [3.63, 3.8) is 0 Å². The van der Waals surface area contributed by atoms with Crippen LogP contribution < -0.4 is 5.32 Å². The van der Waals surface area contributed by atoms with Crippen LogP contribution in [0.2, 0.25) is 0 Å². The molecule has 30 heavy (non-hydrogen) atoms. The largest absolute Gasteiger partial charge is 0.503 e. The standard InChI is InChI=1S/C19H19F3N2O5S/c1-2-29-18(26)14(11-13-7-4-3-5-8-13)12-24-16(25)15-9-6-10-23-17(15)30(27,28)19(20,21)22/h3-10,14H,2,11-12H2,1H3,(H,24,25). The number of carbonyl (C=O) groups is 2. The Morgan fingerprint density at radius 3 is 2.40 bits per heavy atom. The van der Waals surface area contributed by atoms with Gasteiger partial charge in [0.05, 0.1) is 18.1 Å².